The van der Waals surface area contributed by atoms with Gasteiger partial charge < -0.3 is 25.6 Å². The van der Waals surface area contributed by atoms with Crippen molar-refractivity contribution in [2.75, 3.05) is 30.3 Å². The highest BCUT2D eigenvalue weighted by Gasteiger charge is 2.35. The number of aromatic nitrogens is 1. The van der Waals surface area contributed by atoms with Crippen LogP contribution in [0.25, 0.3) is 10.9 Å². The summed E-state index contributed by atoms with van der Waals surface area (Å²) in [6.07, 6.45) is 3.40. The van der Waals surface area contributed by atoms with Gasteiger partial charge in [-0.05, 0) is 38.6 Å². The van der Waals surface area contributed by atoms with Gasteiger partial charge in [0.15, 0.2) is 11.6 Å². The number of benzene rings is 1. The zero-order valence-electron chi connectivity index (χ0n) is 17.0. The average Bonchev–Trinajstić information content (AvgIpc) is 3.43. The first-order chi connectivity index (χ1) is 14.3. The summed E-state index contributed by atoms with van der Waals surface area (Å²) in [5.41, 5.74) is 3.64. The zero-order valence-corrected chi connectivity index (χ0v) is 17.0. The fourth-order valence-corrected chi connectivity index (χ4v) is 4.51. The molecule has 0 radical (unpaired) electrons. The van der Waals surface area contributed by atoms with Gasteiger partial charge in [0.1, 0.15) is 11.3 Å². The minimum Gasteiger partial charge on any atom is -0.477 e. The summed E-state index contributed by atoms with van der Waals surface area (Å²) in [4.78, 5) is 25.9. The maximum Gasteiger partial charge on any atom is 0.341 e. The maximum atomic E-state index is 15.7. The number of carbonyl (C=O) groups is 1. The molecular formula is C21H26F2N4O3. The van der Waals surface area contributed by atoms with Crippen molar-refractivity contribution in [1.82, 2.24) is 9.88 Å². The summed E-state index contributed by atoms with van der Waals surface area (Å²) >= 11 is 0. The van der Waals surface area contributed by atoms with Crippen LogP contribution in [0.2, 0.25) is 0 Å². The van der Waals surface area contributed by atoms with E-state index in [1.165, 1.54) is 4.57 Å². The summed E-state index contributed by atoms with van der Waals surface area (Å²) in [5, 5.41) is 12.3. The van der Waals surface area contributed by atoms with Crippen LogP contribution in [0.3, 0.4) is 0 Å². The number of carboxylic acid groups (broad SMARTS) is 1. The van der Waals surface area contributed by atoms with E-state index in [0.717, 1.165) is 32.0 Å². The fraction of sp³-hybridized carbons (Fsp3) is 0.524. The lowest BCUT2D eigenvalue weighted by atomic mass is 10.0. The lowest BCUT2D eigenvalue weighted by molar-refractivity contribution is 0.0695. The van der Waals surface area contributed by atoms with E-state index in [-0.39, 0.29) is 29.2 Å². The summed E-state index contributed by atoms with van der Waals surface area (Å²) in [7, 11) is 0. The maximum absolute atomic E-state index is 15.7. The van der Waals surface area contributed by atoms with Gasteiger partial charge in [-0.2, -0.15) is 0 Å². The van der Waals surface area contributed by atoms with Crippen LogP contribution in [0.5, 0.6) is 0 Å². The second-order valence-electron chi connectivity index (χ2n) is 8.27. The number of nitrogen functional groups attached to an aromatic ring is 1. The summed E-state index contributed by atoms with van der Waals surface area (Å²) < 4.78 is 32.5. The quantitative estimate of drug-likeness (QED) is 0.622. The van der Waals surface area contributed by atoms with E-state index in [1.54, 1.807) is 4.90 Å². The molecule has 2 atom stereocenters. The molecule has 2 heterocycles. The number of hydrogen-bond donors (Lipinski definition) is 3. The largest absolute Gasteiger partial charge is 0.477 e. The molecule has 1 aliphatic carbocycles. The molecule has 2 fully saturated rings. The number of carboxylic acids is 1. The topological polar surface area (TPSA) is 101 Å². The van der Waals surface area contributed by atoms with Crippen molar-refractivity contribution in [1.29, 1.82) is 0 Å². The van der Waals surface area contributed by atoms with Gasteiger partial charge in [0.2, 0.25) is 5.43 Å². The number of nitrogens with two attached hydrogens (primary N) is 1. The number of fused-ring (bicyclic) bond motifs is 1. The number of halogens is 2. The molecule has 0 unspecified atom stereocenters. The SMILES string of the molecule is CCN[C@@H](C)[C@@H]1CCN(c2c(F)c(N)c3c(=O)c(C(=O)O)cn(C4CC4)c3c2F)C1. The van der Waals surface area contributed by atoms with Crippen LogP contribution in [0.15, 0.2) is 11.0 Å². The third-order valence-electron chi connectivity index (χ3n) is 6.31. The van der Waals surface area contributed by atoms with Gasteiger partial charge in [-0.1, -0.05) is 6.92 Å². The molecule has 0 bridgehead atoms. The van der Waals surface area contributed by atoms with Gasteiger partial charge in [-0.3, -0.25) is 4.79 Å². The normalized spacial score (nSPS) is 20.1. The Bertz CT molecular complexity index is 1080. The first-order valence-electron chi connectivity index (χ1n) is 10.3. The van der Waals surface area contributed by atoms with E-state index in [0.29, 0.717) is 13.1 Å². The van der Waals surface area contributed by atoms with Gasteiger partial charge in [0, 0.05) is 31.4 Å². The summed E-state index contributed by atoms with van der Waals surface area (Å²) in [6.45, 7) is 5.81. The number of aromatic carboxylic acids is 1. The minimum absolute atomic E-state index is 0.107. The first-order valence-corrected chi connectivity index (χ1v) is 10.3. The number of pyridine rings is 1. The Kier molecular flexibility index (Phi) is 5.17. The predicted molar refractivity (Wildman–Crippen MR) is 111 cm³/mol. The van der Waals surface area contributed by atoms with Crippen molar-refractivity contribution in [3.05, 3.63) is 33.6 Å². The number of nitrogens with zero attached hydrogens (tertiary/aromatic N) is 2. The first kappa shape index (κ1) is 20.6. The fourth-order valence-electron chi connectivity index (χ4n) is 4.51. The molecule has 7 nitrogen and oxygen atoms in total. The Labute approximate surface area is 172 Å². The Hall–Kier alpha value is -2.68. The van der Waals surface area contributed by atoms with Gasteiger partial charge >= 0.3 is 5.97 Å². The van der Waals surface area contributed by atoms with E-state index >= 15 is 8.78 Å². The molecule has 1 aromatic heterocycles. The Balaban J connectivity index is 1.89. The van der Waals surface area contributed by atoms with Crippen molar-refractivity contribution in [3.8, 4) is 0 Å². The second-order valence-corrected chi connectivity index (χ2v) is 8.27. The van der Waals surface area contributed by atoms with Gasteiger partial charge in [0.25, 0.3) is 0 Å². The molecular weight excluding hydrogens is 394 g/mol. The molecule has 2 aromatic rings. The van der Waals surface area contributed by atoms with E-state index in [4.69, 9.17) is 5.73 Å². The Morgan fingerprint density at radius 2 is 2.03 bits per heavy atom. The third-order valence-corrected chi connectivity index (χ3v) is 6.31. The van der Waals surface area contributed by atoms with Crippen molar-refractivity contribution in [3.63, 3.8) is 0 Å². The van der Waals surface area contributed by atoms with Crippen LogP contribution in [0.1, 0.15) is 49.5 Å². The van der Waals surface area contributed by atoms with E-state index in [9.17, 15) is 14.7 Å². The van der Waals surface area contributed by atoms with Crippen molar-refractivity contribution < 1.29 is 18.7 Å². The summed E-state index contributed by atoms with van der Waals surface area (Å²) in [6, 6.07) is 0.0743. The smallest absolute Gasteiger partial charge is 0.341 e. The van der Waals surface area contributed by atoms with Crippen LogP contribution in [0.4, 0.5) is 20.2 Å². The molecule has 30 heavy (non-hydrogen) atoms. The van der Waals surface area contributed by atoms with E-state index < -0.39 is 39.7 Å². The minimum atomic E-state index is -1.44. The summed E-state index contributed by atoms with van der Waals surface area (Å²) in [5.74, 6) is -3.07. The van der Waals surface area contributed by atoms with Crippen molar-refractivity contribution in [2.45, 2.75) is 45.2 Å². The molecule has 1 aromatic carbocycles. The Morgan fingerprint density at radius 1 is 1.33 bits per heavy atom. The molecule has 4 N–H and O–H groups in total. The van der Waals surface area contributed by atoms with Crippen molar-refractivity contribution >= 4 is 28.2 Å². The van der Waals surface area contributed by atoms with Crippen LogP contribution >= 0.6 is 0 Å². The Morgan fingerprint density at radius 3 is 2.63 bits per heavy atom. The number of nitrogens with one attached hydrogen (secondary N) is 1. The van der Waals surface area contributed by atoms with Crippen LogP contribution in [-0.4, -0.2) is 41.3 Å². The lowest BCUT2D eigenvalue weighted by Crippen LogP contribution is -2.35. The number of anilines is 2. The zero-order chi connectivity index (χ0) is 21.7. The third kappa shape index (κ3) is 3.21. The molecule has 4 rings (SSSR count). The van der Waals surface area contributed by atoms with Crippen LogP contribution in [-0.2, 0) is 0 Å². The van der Waals surface area contributed by atoms with E-state index in [2.05, 4.69) is 12.2 Å². The van der Waals surface area contributed by atoms with Gasteiger partial charge in [-0.25, -0.2) is 13.6 Å². The molecule has 1 saturated heterocycles. The highest BCUT2D eigenvalue weighted by Crippen LogP contribution is 2.42. The predicted octanol–water partition coefficient (Wildman–Crippen LogP) is 2.72. The van der Waals surface area contributed by atoms with Gasteiger partial charge in [0.05, 0.1) is 16.6 Å². The average molecular weight is 420 g/mol. The molecule has 1 aliphatic heterocycles. The second kappa shape index (κ2) is 7.54. The molecule has 0 amide bonds. The molecule has 2 aliphatic rings. The van der Waals surface area contributed by atoms with Gasteiger partial charge in [-0.15, -0.1) is 0 Å². The molecule has 9 heteroatoms. The monoisotopic (exact) mass is 420 g/mol. The highest BCUT2D eigenvalue weighted by atomic mass is 19.1. The molecule has 162 valence electrons. The lowest BCUT2D eigenvalue weighted by Gasteiger charge is -2.25. The van der Waals surface area contributed by atoms with Crippen LogP contribution < -0.4 is 21.4 Å². The number of hydrogen-bond acceptors (Lipinski definition) is 5. The number of rotatable bonds is 6. The highest BCUT2D eigenvalue weighted by molar-refractivity contribution is 5.99. The standard InChI is InChI=1S/C21H26F2N4O3/c1-3-25-10(2)11-6-7-26(8-11)19-15(22)17(24)14-18(16(19)23)27(12-4-5-12)9-13(20(14)28)21(29)30/h9-12,25H,3-8,24H2,1-2H3,(H,29,30)/t10-,11+/m0/s1. The van der Waals surface area contributed by atoms with Crippen LogP contribution in [0, 0.1) is 17.6 Å². The molecule has 0 spiro atoms. The van der Waals surface area contributed by atoms with Crippen molar-refractivity contribution in [2.24, 2.45) is 5.92 Å². The van der Waals surface area contributed by atoms with E-state index in [1.807, 2.05) is 6.92 Å². The molecule has 1 saturated carbocycles.